The Hall–Kier alpha value is -3.84. The molecule has 1 saturated heterocycles. The average molecular weight is 605 g/mol. The number of fused-ring (bicyclic) bond motifs is 1. The van der Waals surface area contributed by atoms with E-state index >= 15 is 4.39 Å². The Bertz CT molecular complexity index is 1450. The maximum absolute atomic E-state index is 15.1. The number of aromatic hydroxyl groups is 2. The first kappa shape index (κ1) is 32.1. The molecule has 17 heteroatoms. The summed E-state index contributed by atoms with van der Waals surface area (Å²) in [5.74, 6) is -14.6. The van der Waals surface area contributed by atoms with Gasteiger partial charge in [0.25, 0.3) is 29.1 Å². The molecule has 2 aromatic rings. The lowest BCUT2D eigenvalue weighted by molar-refractivity contribution is -0.398. The first-order chi connectivity index (χ1) is 20.1. The van der Waals surface area contributed by atoms with Crippen LogP contribution in [0.4, 0.5) is 4.39 Å². The van der Waals surface area contributed by atoms with Crippen molar-refractivity contribution in [3.05, 3.63) is 46.3 Å². The fourth-order valence-electron chi connectivity index (χ4n) is 4.93. The maximum Gasteiger partial charge on any atom is 0.285 e. The second kappa shape index (κ2) is 11.7. The number of aliphatic hydroxyl groups is 5. The molecule has 0 aromatic heterocycles. The lowest BCUT2D eigenvalue weighted by atomic mass is 9.84. The van der Waals surface area contributed by atoms with Gasteiger partial charge in [-0.25, -0.2) is 4.39 Å². The number of carbonyl (C=O) groups excluding carboxylic acids is 3. The first-order valence-corrected chi connectivity index (χ1v) is 12.8. The van der Waals surface area contributed by atoms with Crippen LogP contribution in [-0.4, -0.2) is 122 Å². The summed E-state index contributed by atoms with van der Waals surface area (Å²) in [5.41, 5.74) is -4.64. The Kier molecular flexibility index (Phi) is 8.72. The molecule has 1 fully saturated rings. The third kappa shape index (κ3) is 5.18. The van der Waals surface area contributed by atoms with Crippen LogP contribution in [0.1, 0.15) is 27.0 Å². The Morgan fingerprint density at radius 3 is 2.40 bits per heavy atom. The van der Waals surface area contributed by atoms with E-state index in [1.54, 1.807) is 0 Å². The van der Waals surface area contributed by atoms with Crippen molar-refractivity contribution in [3.8, 4) is 17.2 Å². The summed E-state index contributed by atoms with van der Waals surface area (Å²) in [6.07, 6.45) is -0.761. The van der Waals surface area contributed by atoms with Gasteiger partial charge >= 0.3 is 0 Å². The van der Waals surface area contributed by atoms with Gasteiger partial charge in [-0.1, -0.05) is 11.5 Å². The quantitative estimate of drug-likeness (QED) is 0.0567. The van der Waals surface area contributed by atoms with Gasteiger partial charge in [-0.2, -0.15) is 0 Å². The molecular weight excluding hydrogens is 576 g/mol. The average Bonchev–Trinajstić information content (AvgIpc) is 3.34. The molecule has 43 heavy (non-hydrogen) atoms. The normalized spacial score (nSPS) is 17.4. The highest BCUT2D eigenvalue weighted by atomic mass is 19.1. The Morgan fingerprint density at radius 1 is 1.14 bits per heavy atom. The number of nitrogens with one attached hydrogen (secondary N) is 1. The number of morpholine rings is 1. The zero-order valence-corrected chi connectivity index (χ0v) is 22.8. The zero-order chi connectivity index (χ0) is 31.9. The van der Waals surface area contributed by atoms with Gasteiger partial charge in [0, 0.05) is 48.9 Å². The molecule has 15 nitrogen and oxygen atoms in total. The number of phenols is 2. The topological polar surface area (TPSA) is 230 Å². The molecular formula is C26H29BFN3O12. The number of amides is 2. The SMILES string of the molecule is [B]c1c(CN2CCOCC2)c(O)c(O)c(F)c1COc1cccc2c1CN(C(O)(C(=O)NC)C(O)(O)C(O)(O)C=O)C2=O. The van der Waals surface area contributed by atoms with Gasteiger partial charge in [0.1, 0.15) is 20.2 Å². The molecule has 8 N–H and O–H groups in total. The number of hydrogen-bond donors (Lipinski definition) is 8. The summed E-state index contributed by atoms with van der Waals surface area (Å²) in [4.78, 5) is 39.2. The number of hydrogen-bond acceptors (Lipinski definition) is 13. The third-order valence-electron chi connectivity index (χ3n) is 7.51. The number of nitrogens with zero attached hydrogens (tertiary/aromatic N) is 2. The minimum atomic E-state index is -4.35. The van der Waals surface area contributed by atoms with Crippen molar-refractivity contribution < 1.29 is 64.0 Å². The van der Waals surface area contributed by atoms with Crippen LogP contribution in [0.15, 0.2) is 18.2 Å². The van der Waals surface area contributed by atoms with E-state index in [-0.39, 0.29) is 44.9 Å². The molecule has 2 radical (unpaired) electrons. The van der Waals surface area contributed by atoms with Gasteiger partial charge in [0.05, 0.1) is 19.8 Å². The minimum absolute atomic E-state index is 0.0450. The molecule has 2 aromatic carbocycles. The van der Waals surface area contributed by atoms with Crippen molar-refractivity contribution in [2.24, 2.45) is 0 Å². The number of ether oxygens (including phenoxy) is 2. The Morgan fingerprint density at radius 2 is 1.79 bits per heavy atom. The van der Waals surface area contributed by atoms with Gasteiger partial charge in [0.15, 0.2) is 23.6 Å². The fraction of sp³-hybridized carbons (Fsp3) is 0.423. The molecule has 1 unspecified atom stereocenters. The number of halogens is 1. The fourth-order valence-corrected chi connectivity index (χ4v) is 4.93. The summed E-state index contributed by atoms with van der Waals surface area (Å²) in [5, 5.41) is 74.4. The number of rotatable bonds is 10. The molecule has 230 valence electrons. The lowest BCUT2D eigenvalue weighted by Crippen LogP contribution is -2.78. The number of phenolic OH excluding ortho intramolecular Hbond substituents is 2. The molecule has 4 rings (SSSR count). The molecule has 1 atom stereocenters. The van der Waals surface area contributed by atoms with E-state index in [2.05, 4.69) is 0 Å². The van der Waals surface area contributed by atoms with Crippen LogP contribution in [0.25, 0.3) is 0 Å². The van der Waals surface area contributed by atoms with Crippen molar-refractivity contribution in [2.45, 2.75) is 37.0 Å². The molecule has 0 saturated carbocycles. The maximum atomic E-state index is 15.1. The van der Waals surface area contributed by atoms with Crippen molar-refractivity contribution in [2.75, 3.05) is 33.4 Å². The van der Waals surface area contributed by atoms with E-state index in [9.17, 15) is 50.1 Å². The Labute approximate surface area is 244 Å². The molecule has 2 heterocycles. The summed E-state index contributed by atoms with van der Waals surface area (Å²) < 4.78 is 26.1. The van der Waals surface area contributed by atoms with Crippen molar-refractivity contribution >= 4 is 31.4 Å². The van der Waals surface area contributed by atoms with E-state index in [1.807, 2.05) is 10.2 Å². The summed E-state index contributed by atoms with van der Waals surface area (Å²) in [7, 11) is 7.11. The number of likely N-dealkylation sites (N-methyl/N-ethyl adjacent to an activating group) is 1. The summed E-state index contributed by atoms with van der Waals surface area (Å²) >= 11 is 0. The van der Waals surface area contributed by atoms with Crippen LogP contribution in [-0.2, 0) is 34.0 Å². The second-order valence-electron chi connectivity index (χ2n) is 10.0. The number of carbonyl (C=O) groups is 3. The summed E-state index contributed by atoms with van der Waals surface area (Å²) in [6.45, 7) is 0.462. The minimum Gasteiger partial charge on any atom is -0.504 e. The van der Waals surface area contributed by atoms with Crippen LogP contribution < -0.4 is 15.5 Å². The lowest BCUT2D eigenvalue weighted by Gasteiger charge is -2.46. The van der Waals surface area contributed by atoms with Crippen molar-refractivity contribution in [1.82, 2.24) is 15.1 Å². The van der Waals surface area contributed by atoms with Gasteiger partial charge in [-0.3, -0.25) is 24.2 Å². The van der Waals surface area contributed by atoms with Crippen LogP contribution in [0.2, 0.25) is 0 Å². The molecule has 0 spiro atoms. The van der Waals surface area contributed by atoms with E-state index in [4.69, 9.17) is 17.3 Å². The molecule has 0 aliphatic carbocycles. The van der Waals surface area contributed by atoms with E-state index < -0.39 is 65.9 Å². The van der Waals surface area contributed by atoms with Crippen molar-refractivity contribution in [3.63, 3.8) is 0 Å². The van der Waals surface area contributed by atoms with E-state index in [0.29, 0.717) is 26.3 Å². The standard InChI is InChI=1S/C26H29BFN3O12/c1-29-23(36)25(39,26(40,41)24(37,38)12-32)31-10-14-13(22(31)35)3-2-4-17(14)43-11-16-18(27)15(20(33)21(34)19(16)28)9-30-5-7-42-8-6-30/h2-4,12,33-34,37-41H,5-11H2,1H3,(H,29,36). The van der Waals surface area contributed by atoms with Crippen molar-refractivity contribution in [1.29, 1.82) is 0 Å². The highest BCUT2D eigenvalue weighted by Crippen LogP contribution is 2.41. The van der Waals surface area contributed by atoms with Crippen LogP contribution in [0.3, 0.4) is 0 Å². The Balaban J connectivity index is 1.68. The van der Waals surface area contributed by atoms with Gasteiger partial charge in [0.2, 0.25) is 0 Å². The van der Waals surface area contributed by atoms with Gasteiger partial charge < -0.3 is 50.5 Å². The highest BCUT2D eigenvalue weighted by molar-refractivity contribution is 6.34. The highest BCUT2D eigenvalue weighted by Gasteiger charge is 2.70. The predicted molar refractivity (Wildman–Crippen MR) is 141 cm³/mol. The smallest absolute Gasteiger partial charge is 0.285 e. The van der Waals surface area contributed by atoms with Gasteiger partial charge in [-0.05, 0) is 12.1 Å². The summed E-state index contributed by atoms with van der Waals surface area (Å²) in [6, 6.07) is 3.85. The molecule has 2 aliphatic heterocycles. The van der Waals surface area contributed by atoms with Gasteiger partial charge in [-0.15, -0.1) is 0 Å². The molecule has 0 bridgehead atoms. The second-order valence-corrected chi connectivity index (χ2v) is 10.0. The van der Waals surface area contributed by atoms with Crippen LogP contribution in [0.5, 0.6) is 17.2 Å². The predicted octanol–water partition coefficient (Wildman–Crippen LogP) is -3.61. The molecule has 2 amide bonds. The molecule has 2 aliphatic rings. The number of aldehydes is 1. The van der Waals surface area contributed by atoms with E-state index in [0.717, 1.165) is 7.05 Å². The zero-order valence-electron chi connectivity index (χ0n) is 22.8. The monoisotopic (exact) mass is 605 g/mol. The van der Waals surface area contributed by atoms with Crippen LogP contribution >= 0.6 is 0 Å². The first-order valence-electron chi connectivity index (χ1n) is 12.8. The third-order valence-corrected chi connectivity index (χ3v) is 7.51. The van der Waals surface area contributed by atoms with E-state index in [1.165, 1.54) is 18.2 Å². The van der Waals surface area contributed by atoms with Crippen LogP contribution in [0, 0.1) is 5.82 Å². The largest absolute Gasteiger partial charge is 0.504 e. The number of benzene rings is 2.